The average molecular weight is 543 g/mol. The summed E-state index contributed by atoms with van der Waals surface area (Å²) in [5.74, 6) is 1.60. The Hall–Kier alpha value is -4.24. The van der Waals surface area contributed by atoms with Gasteiger partial charge in [-0.1, -0.05) is 18.2 Å². The highest BCUT2D eigenvalue weighted by molar-refractivity contribution is 7.90. The lowest BCUT2D eigenvalue weighted by molar-refractivity contribution is 0.530. The molecule has 0 fully saturated rings. The molecular weight excluding hydrogens is 512 g/mol. The summed E-state index contributed by atoms with van der Waals surface area (Å²) in [7, 11) is -3.38. The summed E-state index contributed by atoms with van der Waals surface area (Å²) in [6, 6.07) is 16.2. The molecule has 3 aromatic heterocycles. The molecule has 0 atom stereocenters. The molecule has 0 saturated heterocycles. The summed E-state index contributed by atoms with van der Waals surface area (Å²) in [5.41, 5.74) is 4.71. The minimum absolute atomic E-state index is 0.0255. The minimum Gasteiger partial charge on any atom is -0.440 e. The van der Waals surface area contributed by atoms with Gasteiger partial charge in [-0.2, -0.15) is 0 Å². The zero-order chi connectivity index (χ0) is 28.1. The minimum atomic E-state index is -3.38. The topological polar surface area (TPSA) is 100.0 Å². The van der Waals surface area contributed by atoms with Gasteiger partial charge in [-0.05, 0) is 75.2 Å². The van der Waals surface area contributed by atoms with E-state index in [1.54, 1.807) is 42.0 Å². The van der Waals surface area contributed by atoms with Crippen molar-refractivity contribution in [2.45, 2.75) is 45.6 Å². The predicted molar refractivity (Wildman–Crippen MR) is 152 cm³/mol. The van der Waals surface area contributed by atoms with Crippen LogP contribution in [0.1, 0.15) is 37.3 Å². The van der Waals surface area contributed by atoms with Gasteiger partial charge in [-0.3, -0.25) is 4.79 Å². The van der Waals surface area contributed by atoms with Gasteiger partial charge in [0.25, 0.3) is 5.56 Å². The average Bonchev–Trinajstić information content (AvgIpc) is 3.43. The Morgan fingerprint density at radius 3 is 2.31 bits per heavy atom. The first-order valence-electron chi connectivity index (χ1n) is 12.6. The van der Waals surface area contributed by atoms with Gasteiger partial charge >= 0.3 is 0 Å². The second-order valence-electron chi connectivity index (χ2n) is 9.97. The van der Waals surface area contributed by atoms with Crippen molar-refractivity contribution in [2.24, 2.45) is 0 Å². The maximum absolute atomic E-state index is 13.4. The van der Waals surface area contributed by atoms with Gasteiger partial charge < -0.3 is 13.6 Å². The van der Waals surface area contributed by atoms with Gasteiger partial charge in [0.05, 0.1) is 21.8 Å². The van der Waals surface area contributed by atoms with Gasteiger partial charge in [0.15, 0.2) is 21.5 Å². The van der Waals surface area contributed by atoms with Crippen molar-refractivity contribution in [3.63, 3.8) is 0 Å². The Morgan fingerprint density at radius 1 is 0.897 bits per heavy atom. The molecule has 9 heteroatoms. The van der Waals surface area contributed by atoms with Crippen LogP contribution >= 0.6 is 0 Å². The SMILES string of the molecule is Cc1cn(-c2ccc(-c3cccc(S(C)(=O)=O)c3)cc2-c2nc(C)oc2-c2cccn(C(C)C)c2=O)c(C)n1. The maximum Gasteiger partial charge on any atom is 0.261 e. The number of oxazole rings is 1. The molecule has 0 aliphatic heterocycles. The first-order chi connectivity index (χ1) is 18.4. The zero-order valence-electron chi connectivity index (χ0n) is 22.8. The lowest BCUT2D eigenvalue weighted by atomic mass is 9.98. The Kier molecular flexibility index (Phi) is 6.64. The number of hydrogen-bond acceptors (Lipinski definition) is 6. The van der Waals surface area contributed by atoms with Crippen molar-refractivity contribution >= 4 is 9.84 Å². The van der Waals surface area contributed by atoms with Gasteiger partial charge in [-0.15, -0.1) is 0 Å². The summed E-state index contributed by atoms with van der Waals surface area (Å²) >= 11 is 0. The first kappa shape index (κ1) is 26.4. The summed E-state index contributed by atoms with van der Waals surface area (Å²) < 4.78 is 34.2. The molecule has 0 saturated carbocycles. The standard InChI is InChI=1S/C30H30N4O4S/c1-18(2)33-14-8-11-25(30(33)35)29-28(32-21(5)38-29)26-16-23(22-9-7-10-24(15-22)39(6,36)37)12-13-27(26)34-17-19(3)31-20(34)4/h7-18H,1-6H3. The van der Waals surface area contributed by atoms with Crippen LogP contribution in [0.15, 0.2) is 81.1 Å². The highest BCUT2D eigenvalue weighted by Gasteiger charge is 2.23. The van der Waals surface area contributed by atoms with E-state index in [1.807, 2.05) is 68.8 Å². The Bertz CT molecular complexity index is 1880. The number of sulfone groups is 1. The van der Waals surface area contributed by atoms with Crippen LogP contribution in [0.2, 0.25) is 0 Å². The molecule has 5 aromatic rings. The Morgan fingerprint density at radius 2 is 1.64 bits per heavy atom. The quantitative estimate of drug-likeness (QED) is 0.264. The van der Waals surface area contributed by atoms with E-state index >= 15 is 0 Å². The van der Waals surface area contributed by atoms with Crippen LogP contribution in [0.25, 0.3) is 39.4 Å². The Labute approximate surface area is 227 Å². The second-order valence-corrected chi connectivity index (χ2v) is 12.0. The summed E-state index contributed by atoms with van der Waals surface area (Å²) in [6.45, 7) is 9.51. The molecule has 0 amide bonds. The van der Waals surface area contributed by atoms with Gasteiger partial charge in [0.2, 0.25) is 0 Å². The van der Waals surface area contributed by atoms with Crippen molar-refractivity contribution in [2.75, 3.05) is 6.26 Å². The molecule has 5 rings (SSSR count). The second kappa shape index (κ2) is 9.81. The first-order valence-corrected chi connectivity index (χ1v) is 14.5. The van der Waals surface area contributed by atoms with Crippen LogP contribution in [0, 0.1) is 20.8 Å². The van der Waals surface area contributed by atoms with Crippen molar-refractivity contribution in [1.82, 2.24) is 19.1 Å². The normalized spacial score (nSPS) is 11.9. The van der Waals surface area contributed by atoms with Crippen molar-refractivity contribution in [1.29, 1.82) is 0 Å². The van der Waals surface area contributed by atoms with E-state index in [0.29, 0.717) is 22.9 Å². The molecule has 2 aromatic carbocycles. The third-order valence-corrected chi connectivity index (χ3v) is 7.73. The monoisotopic (exact) mass is 542 g/mol. The summed E-state index contributed by atoms with van der Waals surface area (Å²) in [5, 5.41) is 0. The smallest absolute Gasteiger partial charge is 0.261 e. The largest absolute Gasteiger partial charge is 0.440 e. The number of rotatable bonds is 6. The molecule has 0 aliphatic rings. The number of nitrogens with zero attached hydrogens (tertiary/aromatic N) is 4. The summed E-state index contributed by atoms with van der Waals surface area (Å²) in [4.78, 5) is 23.0. The van der Waals surface area contributed by atoms with Crippen molar-refractivity contribution < 1.29 is 12.8 Å². The molecule has 3 heterocycles. The van der Waals surface area contributed by atoms with E-state index in [-0.39, 0.29) is 16.5 Å². The number of aryl methyl sites for hydroxylation is 3. The number of imidazole rings is 1. The van der Waals surface area contributed by atoms with E-state index in [0.717, 1.165) is 33.9 Å². The van der Waals surface area contributed by atoms with Crippen LogP contribution < -0.4 is 5.56 Å². The predicted octanol–water partition coefficient (Wildman–Crippen LogP) is 5.93. The van der Waals surface area contributed by atoms with Crippen LogP contribution in [0.4, 0.5) is 0 Å². The lowest BCUT2D eigenvalue weighted by Gasteiger charge is -2.15. The highest BCUT2D eigenvalue weighted by Crippen LogP contribution is 2.38. The lowest BCUT2D eigenvalue weighted by Crippen LogP contribution is -2.22. The number of benzene rings is 2. The zero-order valence-corrected chi connectivity index (χ0v) is 23.6. The molecule has 8 nitrogen and oxygen atoms in total. The molecule has 0 unspecified atom stereocenters. The molecule has 200 valence electrons. The fraction of sp³-hybridized carbons (Fsp3) is 0.233. The van der Waals surface area contributed by atoms with Gasteiger partial charge in [-0.25, -0.2) is 18.4 Å². The molecule has 39 heavy (non-hydrogen) atoms. The third kappa shape index (κ3) is 4.97. The van der Waals surface area contributed by atoms with Crippen molar-refractivity contribution in [3.8, 4) is 39.4 Å². The van der Waals surface area contributed by atoms with Crippen LogP contribution in [0.5, 0.6) is 0 Å². The highest BCUT2D eigenvalue weighted by atomic mass is 32.2. The number of aromatic nitrogens is 4. The van der Waals surface area contributed by atoms with E-state index in [4.69, 9.17) is 9.40 Å². The van der Waals surface area contributed by atoms with Crippen molar-refractivity contribution in [3.05, 3.63) is 94.8 Å². The molecule has 0 spiro atoms. The van der Waals surface area contributed by atoms with E-state index < -0.39 is 9.84 Å². The van der Waals surface area contributed by atoms with E-state index in [1.165, 1.54) is 6.26 Å². The van der Waals surface area contributed by atoms with Crippen LogP contribution in [-0.4, -0.2) is 33.8 Å². The van der Waals surface area contributed by atoms with E-state index in [2.05, 4.69) is 4.98 Å². The van der Waals surface area contributed by atoms with Gasteiger partial charge in [0, 0.05) is 37.2 Å². The number of pyridine rings is 1. The fourth-order valence-electron chi connectivity index (χ4n) is 4.77. The molecule has 0 radical (unpaired) electrons. The van der Waals surface area contributed by atoms with Gasteiger partial charge in [0.1, 0.15) is 11.5 Å². The van der Waals surface area contributed by atoms with Crippen LogP contribution in [-0.2, 0) is 9.84 Å². The molecular formula is C30H30N4O4S. The number of hydrogen-bond donors (Lipinski definition) is 0. The Balaban J connectivity index is 1.80. The maximum atomic E-state index is 13.4. The molecule has 0 N–H and O–H groups in total. The van der Waals surface area contributed by atoms with Crippen LogP contribution in [0.3, 0.4) is 0 Å². The van der Waals surface area contributed by atoms with E-state index in [9.17, 15) is 13.2 Å². The fourth-order valence-corrected chi connectivity index (χ4v) is 5.43. The third-order valence-electron chi connectivity index (χ3n) is 6.62. The molecule has 0 aliphatic carbocycles. The summed E-state index contributed by atoms with van der Waals surface area (Å²) in [6.07, 6.45) is 4.90. The molecule has 0 bridgehead atoms.